The van der Waals surface area contributed by atoms with Gasteiger partial charge in [0, 0.05) is 38.3 Å². The molecule has 132 valence electrons. The quantitative estimate of drug-likeness (QED) is 0.840. The summed E-state index contributed by atoms with van der Waals surface area (Å²) < 4.78 is 0. The first-order valence-electron chi connectivity index (χ1n) is 9.22. The first-order valence-corrected chi connectivity index (χ1v) is 9.22. The highest BCUT2D eigenvalue weighted by Crippen LogP contribution is 2.27. The number of carbonyl (C=O) groups is 1. The Balaban J connectivity index is 1.60. The molecule has 5 heteroatoms. The average molecular weight is 331 g/mol. The van der Waals surface area contributed by atoms with E-state index in [1.165, 1.54) is 25.8 Å². The van der Waals surface area contributed by atoms with Gasteiger partial charge in [-0.15, -0.1) is 0 Å². The van der Waals surface area contributed by atoms with Crippen molar-refractivity contribution >= 4 is 6.03 Å². The lowest BCUT2D eigenvalue weighted by atomic mass is 9.99. The van der Waals surface area contributed by atoms with Gasteiger partial charge in [-0.05, 0) is 37.8 Å². The zero-order valence-electron chi connectivity index (χ0n) is 14.4. The molecule has 1 aromatic carbocycles. The number of carbonyl (C=O) groups excluding carboxylic acids is 1. The molecule has 2 saturated heterocycles. The first-order chi connectivity index (χ1) is 11.8. The topological polar surface area (TPSA) is 55.8 Å². The Morgan fingerprint density at radius 2 is 2.04 bits per heavy atom. The van der Waals surface area contributed by atoms with Gasteiger partial charge in [-0.1, -0.05) is 36.8 Å². The van der Waals surface area contributed by atoms with Crippen molar-refractivity contribution < 1.29 is 9.90 Å². The SMILES string of the molecule is O=C(NC1CCN2CCCCC12)N(CCCO)Cc1ccccc1. The molecule has 24 heavy (non-hydrogen) atoms. The maximum Gasteiger partial charge on any atom is 0.317 e. The number of fused-ring (bicyclic) bond motifs is 1. The second-order valence-electron chi connectivity index (χ2n) is 6.93. The summed E-state index contributed by atoms with van der Waals surface area (Å²) >= 11 is 0. The Bertz CT molecular complexity index is 523. The van der Waals surface area contributed by atoms with E-state index in [0.29, 0.717) is 25.6 Å². The van der Waals surface area contributed by atoms with Crippen LogP contribution in [0.4, 0.5) is 4.79 Å². The summed E-state index contributed by atoms with van der Waals surface area (Å²) in [6, 6.07) is 10.8. The van der Waals surface area contributed by atoms with E-state index in [2.05, 4.69) is 10.2 Å². The Kier molecular flexibility index (Phi) is 6.10. The van der Waals surface area contributed by atoms with Crippen LogP contribution in [0.15, 0.2) is 30.3 Å². The smallest absolute Gasteiger partial charge is 0.317 e. The van der Waals surface area contributed by atoms with Gasteiger partial charge in [0.25, 0.3) is 0 Å². The number of rotatable bonds is 6. The van der Waals surface area contributed by atoms with E-state index < -0.39 is 0 Å². The zero-order chi connectivity index (χ0) is 16.8. The first kappa shape index (κ1) is 17.2. The lowest BCUT2D eigenvalue weighted by molar-refractivity contribution is 0.163. The third-order valence-corrected chi connectivity index (χ3v) is 5.25. The number of aliphatic hydroxyl groups excluding tert-OH is 1. The monoisotopic (exact) mass is 331 g/mol. The van der Waals surface area contributed by atoms with Gasteiger partial charge in [0.15, 0.2) is 0 Å². The van der Waals surface area contributed by atoms with Crippen molar-refractivity contribution in [2.24, 2.45) is 0 Å². The molecule has 2 unspecified atom stereocenters. The van der Waals surface area contributed by atoms with Crippen LogP contribution >= 0.6 is 0 Å². The fourth-order valence-electron chi connectivity index (χ4n) is 3.98. The van der Waals surface area contributed by atoms with Crippen molar-refractivity contribution in [2.75, 3.05) is 26.2 Å². The summed E-state index contributed by atoms with van der Waals surface area (Å²) in [5.74, 6) is 0. The maximum absolute atomic E-state index is 12.8. The summed E-state index contributed by atoms with van der Waals surface area (Å²) in [6.45, 7) is 3.56. The van der Waals surface area contributed by atoms with Crippen molar-refractivity contribution in [3.63, 3.8) is 0 Å². The van der Waals surface area contributed by atoms with Crippen molar-refractivity contribution in [3.8, 4) is 0 Å². The maximum atomic E-state index is 12.8. The number of benzene rings is 1. The molecule has 5 nitrogen and oxygen atoms in total. The summed E-state index contributed by atoms with van der Waals surface area (Å²) in [4.78, 5) is 17.2. The van der Waals surface area contributed by atoms with Crippen LogP contribution < -0.4 is 5.32 Å². The molecule has 2 N–H and O–H groups in total. The molecule has 0 radical (unpaired) electrons. The number of hydrogen-bond acceptors (Lipinski definition) is 3. The average Bonchev–Trinajstić information content (AvgIpc) is 3.02. The molecule has 2 aliphatic rings. The minimum absolute atomic E-state index is 0.00438. The Morgan fingerprint density at radius 1 is 1.21 bits per heavy atom. The molecular weight excluding hydrogens is 302 g/mol. The third-order valence-electron chi connectivity index (χ3n) is 5.25. The molecule has 0 spiro atoms. The van der Waals surface area contributed by atoms with Gasteiger partial charge in [-0.25, -0.2) is 4.79 Å². The van der Waals surface area contributed by atoms with Gasteiger partial charge in [0.2, 0.25) is 0 Å². The molecule has 2 atom stereocenters. The molecule has 2 heterocycles. The van der Waals surface area contributed by atoms with E-state index in [1.807, 2.05) is 35.2 Å². The second-order valence-corrected chi connectivity index (χ2v) is 6.93. The highest BCUT2D eigenvalue weighted by atomic mass is 16.3. The molecule has 0 saturated carbocycles. The molecule has 2 fully saturated rings. The minimum Gasteiger partial charge on any atom is -0.396 e. The molecule has 2 aliphatic heterocycles. The van der Waals surface area contributed by atoms with E-state index in [-0.39, 0.29) is 18.7 Å². The second kappa shape index (κ2) is 8.49. The van der Waals surface area contributed by atoms with Gasteiger partial charge in [0.05, 0.1) is 0 Å². The fraction of sp³-hybridized carbons (Fsp3) is 0.632. The van der Waals surface area contributed by atoms with Crippen molar-refractivity contribution in [2.45, 2.75) is 50.7 Å². The molecule has 0 bridgehead atoms. The molecule has 0 aliphatic carbocycles. The highest BCUT2D eigenvalue weighted by molar-refractivity contribution is 5.74. The number of aliphatic hydroxyl groups is 1. The highest BCUT2D eigenvalue weighted by Gasteiger charge is 2.36. The lowest BCUT2D eigenvalue weighted by Crippen LogP contribution is -2.50. The number of nitrogens with zero attached hydrogens (tertiary/aromatic N) is 2. The van der Waals surface area contributed by atoms with Gasteiger partial charge in [-0.2, -0.15) is 0 Å². The Morgan fingerprint density at radius 3 is 2.83 bits per heavy atom. The zero-order valence-corrected chi connectivity index (χ0v) is 14.4. The Hall–Kier alpha value is -1.59. The van der Waals surface area contributed by atoms with Crippen molar-refractivity contribution in [3.05, 3.63) is 35.9 Å². The van der Waals surface area contributed by atoms with Crippen LogP contribution in [0.25, 0.3) is 0 Å². The summed E-state index contributed by atoms with van der Waals surface area (Å²) in [7, 11) is 0. The lowest BCUT2D eigenvalue weighted by Gasteiger charge is -2.33. The van der Waals surface area contributed by atoms with Crippen molar-refractivity contribution in [1.82, 2.24) is 15.1 Å². The van der Waals surface area contributed by atoms with Crippen LogP contribution in [-0.2, 0) is 6.54 Å². The molecule has 2 amide bonds. The normalized spacial score (nSPS) is 23.7. The van der Waals surface area contributed by atoms with E-state index in [4.69, 9.17) is 5.11 Å². The van der Waals surface area contributed by atoms with Gasteiger partial charge >= 0.3 is 6.03 Å². The third kappa shape index (κ3) is 4.28. The van der Waals surface area contributed by atoms with Crippen LogP contribution in [0.2, 0.25) is 0 Å². The molecular formula is C19H29N3O2. The molecule has 3 rings (SSSR count). The van der Waals surface area contributed by atoms with Crippen LogP contribution in [0, 0.1) is 0 Å². The molecule has 0 aromatic heterocycles. The Labute approximate surface area is 144 Å². The predicted octanol–water partition coefficient (Wildman–Crippen LogP) is 2.21. The van der Waals surface area contributed by atoms with Gasteiger partial charge in [-0.3, -0.25) is 4.90 Å². The van der Waals surface area contributed by atoms with E-state index in [9.17, 15) is 4.79 Å². The number of amides is 2. The van der Waals surface area contributed by atoms with E-state index in [1.54, 1.807) is 0 Å². The summed E-state index contributed by atoms with van der Waals surface area (Å²) in [6.07, 6.45) is 5.41. The largest absolute Gasteiger partial charge is 0.396 e. The predicted molar refractivity (Wildman–Crippen MR) is 94.7 cm³/mol. The molecule has 1 aromatic rings. The van der Waals surface area contributed by atoms with Gasteiger partial charge in [0.1, 0.15) is 0 Å². The number of piperidine rings is 1. The van der Waals surface area contributed by atoms with Crippen molar-refractivity contribution in [1.29, 1.82) is 0 Å². The standard InChI is InChI=1S/C19H29N3O2/c23-14-6-12-22(15-16-7-2-1-3-8-16)19(24)20-17-10-13-21-11-5-4-9-18(17)21/h1-3,7-8,17-18,23H,4-6,9-15H2,(H,20,24). The fourth-order valence-corrected chi connectivity index (χ4v) is 3.98. The van der Waals surface area contributed by atoms with Crippen LogP contribution in [0.3, 0.4) is 0 Å². The summed E-state index contributed by atoms with van der Waals surface area (Å²) in [5, 5.41) is 12.4. The number of hydrogen-bond donors (Lipinski definition) is 2. The van der Waals surface area contributed by atoms with Crippen LogP contribution in [0.5, 0.6) is 0 Å². The van der Waals surface area contributed by atoms with E-state index in [0.717, 1.165) is 18.5 Å². The van der Waals surface area contributed by atoms with Crippen LogP contribution in [-0.4, -0.2) is 59.3 Å². The van der Waals surface area contributed by atoms with Gasteiger partial charge < -0.3 is 15.3 Å². The van der Waals surface area contributed by atoms with E-state index >= 15 is 0 Å². The number of urea groups is 1. The number of nitrogens with one attached hydrogen (secondary N) is 1. The minimum atomic E-state index is 0.00438. The van der Waals surface area contributed by atoms with Crippen LogP contribution in [0.1, 0.15) is 37.7 Å². The summed E-state index contributed by atoms with van der Waals surface area (Å²) in [5.41, 5.74) is 1.12.